The third-order valence-corrected chi connectivity index (χ3v) is 3.00. The Hall–Kier alpha value is -2.07. The largest absolute Gasteiger partial charge is 0.490 e. The molecule has 0 unspecified atom stereocenters. The molecule has 4 heteroatoms. The van der Waals surface area contributed by atoms with Crippen molar-refractivity contribution in [1.82, 2.24) is 5.32 Å². The summed E-state index contributed by atoms with van der Waals surface area (Å²) >= 11 is 0. The lowest BCUT2D eigenvalue weighted by atomic mass is 10.2. The monoisotopic (exact) mass is 289 g/mol. The Labute approximate surface area is 124 Å². The molecule has 0 radical (unpaired) electrons. The van der Waals surface area contributed by atoms with E-state index >= 15 is 0 Å². The number of halogens is 1. The van der Waals surface area contributed by atoms with Crippen molar-refractivity contribution in [1.29, 1.82) is 0 Å². The summed E-state index contributed by atoms with van der Waals surface area (Å²) in [4.78, 5) is 0. The maximum absolute atomic E-state index is 13.5. The predicted octanol–water partition coefficient (Wildman–Crippen LogP) is 3.31. The van der Waals surface area contributed by atoms with Gasteiger partial charge in [-0.1, -0.05) is 18.2 Å². The molecule has 0 aliphatic heterocycles. The molecule has 21 heavy (non-hydrogen) atoms. The first-order chi connectivity index (χ1) is 10.2. The van der Waals surface area contributed by atoms with E-state index in [0.29, 0.717) is 13.2 Å². The summed E-state index contributed by atoms with van der Waals surface area (Å²) in [5, 5.41) is 3.09. The van der Waals surface area contributed by atoms with Gasteiger partial charge in [0, 0.05) is 6.54 Å². The lowest BCUT2D eigenvalue weighted by Crippen LogP contribution is -2.10. The van der Waals surface area contributed by atoms with Crippen molar-refractivity contribution in [2.24, 2.45) is 0 Å². The van der Waals surface area contributed by atoms with E-state index in [4.69, 9.17) is 9.47 Å². The van der Waals surface area contributed by atoms with Gasteiger partial charge in [0.1, 0.15) is 19.0 Å². The van der Waals surface area contributed by atoms with Crippen LogP contribution in [0.25, 0.3) is 0 Å². The molecule has 0 atom stereocenters. The molecule has 1 N–H and O–H groups in total. The van der Waals surface area contributed by atoms with Gasteiger partial charge in [0.15, 0.2) is 11.6 Å². The van der Waals surface area contributed by atoms with Crippen molar-refractivity contribution in [3.8, 4) is 11.5 Å². The highest BCUT2D eigenvalue weighted by Gasteiger charge is 2.03. The molecule has 2 aromatic carbocycles. The Kier molecular flexibility index (Phi) is 5.58. The number of rotatable bonds is 7. The minimum absolute atomic E-state index is 0.267. The molecule has 112 valence electrons. The van der Waals surface area contributed by atoms with E-state index in [-0.39, 0.29) is 11.6 Å². The molecule has 0 saturated heterocycles. The van der Waals surface area contributed by atoms with Crippen LogP contribution in [0.15, 0.2) is 42.5 Å². The second-order valence-corrected chi connectivity index (χ2v) is 4.81. The van der Waals surface area contributed by atoms with Gasteiger partial charge in [0.2, 0.25) is 0 Å². The standard InChI is InChI=1S/C17H20FNO2/c1-13-3-8-16(18)17(11-13)21-10-9-20-15-6-4-14(5-7-15)12-19-2/h3-8,11,19H,9-10,12H2,1-2H3. The van der Waals surface area contributed by atoms with Crippen molar-refractivity contribution in [2.75, 3.05) is 20.3 Å². The lowest BCUT2D eigenvalue weighted by molar-refractivity contribution is 0.211. The van der Waals surface area contributed by atoms with Crippen LogP contribution in [0.4, 0.5) is 4.39 Å². The van der Waals surface area contributed by atoms with Crippen LogP contribution in [0.3, 0.4) is 0 Å². The molecule has 0 aliphatic carbocycles. The van der Waals surface area contributed by atoms with Crippen LogP contribution in [0.2, 0.25) is 0 Å². The Morgan fingerprint density at radius 3 is 2.43 bits per heavy atom. The minimum Gasteiger partial charge on any atom is -0.490 e. The second-order valence-electron chi connectivity index (χ2n) is 4.81. The number of ether oxygens (including phenoxy) is 2. The normalized spacial score (nSPS) is 10.4. The Balaban J connectivity index is 1.77. The number of hydrogen-bond donors (Lipinski definition) is 1. The second kappa shape index (κ2) is 7.64. The van der Waals surface area contributed by atoms with Crippen molar-refractivity contribution >= 4 is 0 Å². The first kappa shape index (κ1) is 15.3. The van der Waals surface area contributed by atoms with E-state index in [1.807, 2.05) is 38.2 Å². The van der Waals surface area contributed by atoms with E-state index in [2.05, 4.69) is 5.32 Å². The Morgan fingerprint density at radius 2 is 1.71 bits per heavy atom. The molecule has 2 rings (SSSR count). The van der Waals surface area contributed by atoms with Gasteiger partial charge in [-0.15, -0.1) is 0 Å². The zero-order chi connectivity index (χ0) is 15.1. The van der Waals surface area contributed by atoms with Crippen molar-refractivity contribution in [2.45, 2.75) is 13.5 Å². The van der Waals surface area contributed by atoms with Crippen LogP contribution < -0.4 is 14.8 Å². The van der Waals surface area contributed by atoms with Crippen molar-refractivity contribution in [3.63, 3.8) is 0 Å². The quantitative estimate of drug-likeness (QED) is 0.793. The number of nitrogens with one attached hydrogen (secondary N) is 1. The Bertz CT molecular complexity index is 570. The first-order valence-electron chi connectivity index (χ1n) is 6.94. The van der Waals surface area contributed by atoms with Gasteiger partial charge in [-0.05, 0) is 49.4 Å². The summed E-state index contributed by atoms with van der Waals surface area (Å²) < 4.78 is 24.4. The van der Waals surface area contributed by atoms with Gasteiger partial charge >= 0.3 is 0 Å². The van der Waals surface area contributed by atoms with Gasteiger partial charge in [0.25, 0.3) is 0 Å². The number of benzene rings is 2. The SMILES string of the molecule is CNCc1ccc(OCCOc2cc(C)ccc2F)cc1. The highest BCUT2D eigenvalue weighted by atomic mass is 19.1. The summed E-state index contributed by atoms with van der Waals surface area (Å²) in [6.45, 7) is 3.41. The van der Waals surface area contributed by atoms with Crippen LogP contribution in [0.5, 0.6) is 11.5 Å². The molecule has 0 saturated carbocycles. The third-order valence-electron chi connectivity index (χ3n) is 3.00. The van der Waals surface area contributed by atoms with Gasteiger partial charge in [0.05, 0.1) is 0 Å². The van der Waals surface area contributed by atoms with Gasteiger partial charge in [-0.3, -0.25) is 0 Å². The highest BCUT2D eigenvalue weighted by molar-refractivity contribution is 5.29. The van der Waals surface area contributed by atoms with Crippen LogP contribution in [-0.2, 0) is 6.54 Å². The minimum atomic E-state index is -0.350. The smallest absolute Gasteiger partial charge is 0.165 e. The molecular weight excluding hydrogens is 269 g/mol. The molecule has 0 amide bonds. The van der Waals surface area contributed by atoms with Crippen LogP contribution in [0, 0.1) is 12.7 Å². The third kappa shape index (κ3) is 4.76. The molecule has 0 aliphatic rings. The van der Waals surface area contributed by atoms with Crippen LogP contribution in [-0.4, -0.2) is 20.3 Å². The summed E-state index contributed by atoms with van der Waals surface area (Å²) in [6.07, 6.45) is 0. The van der Waals surface area contributed by atoms with E-state index in [9.17, 15) is 4.39 Å². The predicted molar refractivity (Wildman–Crippen MR) is 81.3 cm³/mol. The number of aryl methyl sites for hydroxylation is 1. The Morgan fingerprint density at radius 1 is 1.00 bits per heavy atom. The molecule has 3 nitrogen and oxygen atoms in total. The fourth-order valence-corrected chi connectivity index (χ4v) is 1.94. The summed E-state index contributed by atoms with van der Waals surface area (Å²) in [5.41, 5.74) is 2.16. The summed E-state index contributed by atoms with van der Waals surface area (Å²) in [6, 6.07) is 12.7. The summed E-state index contributed by atoms with van der Waals surface area (Å²) in [5.74, 6) is 0.697. The van der Waals surface area contributed by atoms with Gasteiger partial charge in [-0.2, -0.15) is 0 Å². The molecule has 0 fully saturated rings. The highest BCUT2D eigenvalue weighted by Crippen LogP contribution is 2.18. The van der Waals surface area contributed by atoms with Crippen molar-refractivity contribution < 1.29 is 13.9 Å². The van der Waals surface area contributed by atoms with Crippen molar-refractivity contribution in [3.05, 3.63) is 59.4 Å². The number of hydrogen-bond acceptors (Lipinski definition) is 3. The maximum Gasteiger partial charge on any atom is 0.165 e. The fraction of sp³-hybridized carbons (Fsp3) is 0.294. The zero-order valence-corrected chi connectivity index (χ0v) is 12.4. The van der Waals surface area contributed by atoms with E-state index in [0.717, 1.165) is 17.9 Å². The maximum atomic E-state index is 13.5. The zero-order valence-electron chi connectivity index (χ0n) is 12.4. The first-order valence-corrected chi connectivity index (χ1v) is 6.94. The fourth-order valence-electron chi connectivity index (χ4n) is 1.94. The van der Waals surface area contributed by atoms with Crippen LogP contribution in [0.1, 0.15) is 11.1 Å². The molecule has 0 bridgehead atoms. The molecule has 0 heterocycles. The van der Waals surface area contributed by atoms with Gasteiger partial charge in [-0.25, -0.2) is 4.39 Å². The van der Waals surface area contributed by atoms with E-state index in [1.54, 1.807) is 12.1 Å². The van der Waals surface area contributed by atoms with E-state index in [1.165, 1.54) is 11.6 Å². The summed E-state index contributed by atoms with van der Waals surface area (Å²) in [7, 11) is 1.91. The molecule has 0 spiro atoms. The lowest BCUT2D eigenvalue weighted by Gasteiger charge is -2.10. The molecule has 2 aromatic rings. The molecule has 0 aromatic heterocycles. The van der Waals surface area contributed by atoms with Crippen LogP contribution >= 0.6 is 0 Å². The molecular formula is C17H20FNO2. The van der Waals surface area contributed by atoms with Gasteiger partial charge < -0.3 is 14.8 Å². The topological polar surface area (TPSA) is 30.5 Å². The average Bonchev–Trinajstić information content (AvgIpc) is 2.49. The average molecular weight is 289 g/mol. The van der Waals surface area contributed by atoms with E-state index < -0.39 is 0 Å².